The number of allylic oxidation sites excluding steroid dienone is 12. The van der Waals surface area contributed by atoms with E-state index in [1.54, 1.807) is 0 Å². The molecule has 0 rings (SSSR count). The van der Waals surface area contributed by atoms with Gasteiger partial charge in [0.05, 0.1) is 0 Å². The Hall–Kier alpha value is -3.15. The Morgan fingerprint density at radius 2 is 0.557 bits per heavy atom. The van der Waals surface area contributed by atoms with Crippen LogP contribution in [0.3, 0.4) is 0 Å². The van der Waals surface area contributed by atoms with E-state index in [1.807, 2.05) is 6.08 Å². The summed E-state index contributed by atoms with van der Waals surface area (Å²) in [4.78, 5) is 38.2. The van der Waals surface area contributed by atoms with Gasteiger partial charge in [-0.3, -0.25) is 14.4 Å². The Morgan fingerprint density at radius 3 is 0.871 bits per heavy atom. The van der Waals surface area contributed by atoms with E-state index in [2.05, 4.69) is 87.6 Å². The van der Waals surface area contributed by atoms with Crippen molar-refractivity contribution < 1.29 is 28.6 Å². The molecule has 0 bridgehead atoms. The lowest BCUT2D eigenvalue weighted by Gasteiger charge is -2.18. The number of hydrogen-bond acceptors (Lipinski definition) is 6. The van der Waals surface area contributed by atoms with Crippen LogP contribution in [0, 0.1) is 0 Å². The average molecular weight is 978 g/mol. The molecule has 0 aliphatic heterocycles. The van der Waals surface area contributed by atoms with Crippen molar-refractivity contribution in [2.24, 2.45) is 0 Å². The van der Waals surface area contributed by atoms with Crippen LogP contribution in [-0.4, -0.2) is 37.2 Å². The summed E-state index contributed by atoms with van der Waals surface area (Å²) in [6, 6.07) is 0. The molecule has 1 unspecified atom stereocenters. The first-order chi connectivity index (χ1) is 34.5. The lowest BCUT2D eigenvalue weighted by Crippen LogP contribution is -2.30. The van der Waals surface area contributed by atoms with Crippen molar-refractivity contribution in [1.82, 2.24) is 0 Å². The smallest absolute Gasteiger partial charge is 0.306 e. The largest absolute Gasteiger partial charge is 0.462 e. The molecule has 0 saturated heterocycles. The quantitative estimate of drug-likeness (QED) is 0.0261. The molecule has 0 radical (unpaired) electrons. The fraction of sp³-hybridized carbons (Fsp3) is 0.766. The SMILES string of the molecule is CC/C=C\C/C=C\C/C=C\C/C=C\C/C=C\C/C=C\CCC(=O)OCC(COC(=O)CCCCCCCCCCCCCCCCC)OC(=O)CCCCCCCCCCCCCCCCCCCC. The molecule has 1 atom stereocenters. The Balaban J connectivity index is 4.45. The van der Waals surface area contributed by atoms with Crippen molar-refractivity contribution in [3.63, 3.8) is 0 Å². The molecule has 0 amide bonds. The molecule has 0 heterocycles. The third-order valence-electron chi connectivity index (χ3n) is 13.0. The summed E-state index contributed by atoms with van der Waals surface area (Å²) in [5.41, 5.74) is 0. The van der Waals surface area contributed by atoms with Gasteiger partial charge >= 0.3 is 17.9 Å². The monoisotopic (exact) mass is 977 g/mol. The highest BCUT2D eigenvalue weighted by atomic mass is 16.6. The summed E-state index contributed by atoms with van der Waals surface area (Å²) < 4.78 is 16.8. The molecule has 0 N–H and O–H groups in total. The third kappa shape index (κ3) is 55.8. The van der Waals surface area contributed by atoms with E-state index < -0.39 is 6.10 Å². The molecular formula is C64H112O6. The summed E-state index contributed by atoms with van der Waals surface area (Å²) in [5, 5.41) is 0. The minimum absolute atomic E-state index is 0.0944. The van der Waals surface area contributed by atoms with Gasteiger partial charge in [0.15, 0.2) is 6.10 Å². The second kappa shape index (κ2) is 58.4. The van der Waals surface area contributed by atoms with Crippen LogP contribution in [0.5, 0.6) is 0 Å². The Morgan fingerprint density at radius 1 is 0.300 bits per heavy atom. The van der Waals surface area contributed by atoms with E-state index in [4.69, 9.17) is 14.2 Å². The minimum atomic E-state index is -0.803. The molecule has 0 aliphatic carbocycles. The van der Waals surface area contributed by atoms with Crippen LogP contribution in [0.1, 0.15) is 297 Å². The van der Waals surface area contributed by atoms with Gasteiger partial charge in [0.25, 0.3) is 0 Å². The van der Waals surface area contributed by atoms with Gasteiger partial charge in [-0.05, 0) is 57.8 Å². The van der Waals surface area contributed by atoms with E-state index in [0.29, 0.717) is 19.3 Å². The lowest BCUT2D eigenvalue weighted by molar-refractivity contribution is -0.166. The van der Waals surface area contributed by atoms with Crippen molar-refractivity contribution in [2.75, 3.05) is 13.2 Å². The van der Waals surface area contributed by atoms with Gasteiger partial charge in [-0.25, -0.2) is 0 Å². The maximum absolute atomic E-state index is 12.9. The van der Waals surface area contributed by atoms with Crippen molar-refractivity contribution in [1.29, 1.82) is 0 Å². The second-order valence-corrected chi connectivity index (χ2v) is 19.9. The van der Waals surface area contributed by atoms with Crippen LogP contribution < -0.4 is 0 Å². The van der Waals surface area contributed by atoms with Gasteiger partial charge in [-0.1, -0.05) is 293 Å². The summed E-state index contributed by atoms with van der Waals surface area (Å²) >= 11 is 0. The molecule has 0 aromatic rings. The zero-order chi connectivity index (χ0) is 50.7. The molecule has 0 fully saturated rings. The zero-order valence-corrected chi connectivity index (χ0v) is 46.3. The molecule has 70 heavy (non-hydrogen) atoms. The van der Waals surface area contributed by atoms with Crippen LogP contribution in [0.2, 0.25) is 0 Å². The topological polar surface area (TPSA) is 78.9 Å². The van der Waals surface area contributed by atoms with Crippen LogP contribution in [0.15, 0.2) is 72.9 Å². The second-order valence-electron chi connectivity index (χ2n) is 19.9. The highest BCUT2D eigenvalue weighted by Crippen LogP contribution is 2.17. The first kappa shape index (κ1) is 66.9. The minimum Gasteiger partial charge on any atom is -0.462 e. The van der Waals surface area contributed by atoms with E-state index in [0.717, 1.165) is 77.0 Å². The molecular weight excluding hydrogens is 865 g/mol. The average Bonchev–Trinajstić information content (AvgIpc) is 3.36. The predicted octanol–water partition coefficient (Wildman–Crippen LogP) is 20.2. The first-order valence-electron chi connectivity index (χ1n) is 29.9. The summed E-state index contributed by atoms with van der Waals surface area (Å²) in [7, 11) is 0. The standard InChI is InChI=1S/C64H112O6/c1-4-7-10-13-16-19-22-25-28-30-32-34-36-39-42-45-48-51-54-57-63(66)69-60-61(59-68-62(65)56-53-50-47-44-41-38-35-27-24-21-18-15-12-9-6-3)70-64(67)58-55-52-49-46-43-40-37-33-31-29-26-23-20-17-14-11-8-5-2/h7,10,16,19,25,28,32,34,39,42,48,51,61H,4-6,8-9,11-15,17-18,20-24,26-27,29-31,33,35-38,40-41,43-47,49-50,52-60H2,1-3H3/b10-7-,19-16-,28-25-,34-32-,42-39-,51-48-. The number of hydrogen-bond donors (Lipinski definition) is 0. The number of esters is 3. The summed E-state index contributed by atoms with van der Waals surface area (Å²) in [6.07, 6.45) is 74.8. The summed E-state index contributed by atoms with van der Waals surface area (Å²) in [5.74, 6) is -0.967. The van der Waals surface area contributed by atoms with Crippen molar-refractivity contribution >= 4 is 17.9 Å². The molecule has 0 aromatic carbocycles. The van der Waals surface area contributed by atoms with E-state index in [1.165, 1.54) is 173 Å². The van der Waals surface area contributed by atoms with Crippen molar-refractivity contribution in [3.05, 3.63) is 72.9 Å². The van der Waals surface area contributed by atoms with Crippen LogP contribution in [0.25, 0.3) is 0 Å². The maximum atomic E-state index is 12.9. The highest BCUT2D eigenvalue weighted by Gasteiger charge is 2.19. The third-order valence-corrected chi connectivity index (χ3v) is 13.0. The van der Waals surface area contributed by atoms with E-state index >= 15 is 0 Å². The highest BCUT2D eigenvalue weighted by molar-refractivity contribution is 5.71. The molecule has 404 valence electrons. The van der Waals surface area contributed by atoms with Gasteiger partial charge in [-0.15, -0.1) is 0 Å². The van der Waals surface area contributed by atoms with Crippen LogP contribution in [0.4, 0.5) is 0 Å². The van der Waals surface area contributed by atoms with Crippen molar-refractivity contribution in [2.45, 2.75) is 303 Å². The zero-order valence-electron chi connectivity index (χ0n) is 46.3. The Bertz CT molecular complexity index is 1310. The van der Waals surface area contributed by atoms with Gasteiger partial charge in [0, 0.05) is 19.3 Å². The van der Waals surface area contributed by atoms with E-state index in [9.17, 15) is 14.4 Å². The molecule has 0 spiro atoms. The fourth-order valence-corrected chi connectivity index (χ4v) is 8.53. The molecule has 0 saturated carbocycles. The van der Waals surface area contributed by atoms with Crippen molar-refractivity contribution in [3.8, 4) is 0 Å². The lowest BCUT2D eigenvalue weighted by atomic mass is 10.0. The molecule has 0 aromatic heterocycles. The predicted molar refractivity (Wildman–Crippen MR) is 302 cm³/mol. The van der Waals surface area contributed by atoms with E-state index in [-0.39, 0.29) is 37.5 Å². The fourth-order valence-electron chi connectivity index (χ4n) is 8.53. The van der Waals surface area contributed by atoms with Gasteiger partial charge in [-0.2, -0.15) is 0 Å². The van der Waals surface area contributed by atoms with Gasteiger partial charge < -0.3 is 14.2 Å². The Labute approximate surface area is 433 Å². The van der Waals surface area contributed by atoms with Crippen LogP contribution >= 0.6 is 0 Å². The normalized spacial score (nSPS) is 12.6. The summed E-state index contributed by atoms with van der Waals surface area (Å²) in [6.45, 7) is 6.50. The van der Waals surface area contributed by atoms with Gasteiger partial charge in [0.2, 0.25) is 0 Å². The number of carbonyl (C=O) groups is 3. The molecule has 6 nitrogen and oxygen atoms in total. The number of unbranched alkanes of at least 4 members (excludes halogenated alkanes) is 31. The first-order valence-corrected chi connectivity index (χ1v) is 29.9. The number of carbonyl (C=O) groups excluding carboxylic acids is 3. The maximum Gasteiger partial charge on any atom is 0.306 e. The molecule has 0 aliphatic rings. The molecule has 6 heteroatoms. The van der Waals surface area contributed by atoms with Gasteiger partial charge in [0.1, 0.15) is 13.2 Å². The Kier molecular flexibility index (Phi) is 55.8. The van der Waals surface area contributed by atoms with Crippen LogP contribution in [-0.2, 0) is 28.6 Å². The number of ether oxygens (including phenoxy) is 3. The number of rotatable bonds is 54.